The lowest BCUT2D eigenvalue weighted by molar-refractivity contribution is -0.180. The first-order valence-electron chi connectivity index (χ1n) is 16.3. The highest BCUT2D eigenvalue weighted by Gasteiger charge is 2.53. The Morgan fingerprint density at radius 2 is 1.80 bits per heavy atom. The SMILES string of the molecule is COc1ccc2nc3c(nc2c1)O[C@H]1CN(C(=O)[C@H](C2(C)COC2)CC(=O)O[C@]2(C)CCC[C@H]2CCCCC3(F)F)[C@H](C=O)[C@@H]1C. The molecule has 4 aliphatic rings. The average Bonchev–Trinajstić information content (AvgIpc) is 3.53. The number of halogens is 2. The maximum atomic E-state index is 16.1. The molecule has 46 heavy (non-hydrogen) atoms. The normalized spacial score (nSPS) is 33.1. The number of benzene rings is 1. The summed E-state index contributed by atoms with van der Waals surface area (Å²) >= 11 is 0. The van der Waals surface area contributed by atoms with E-state index in [9.17, 15) is 14.4 Å². The van der Waals surface area contributed by atoms with Crippen molar-refractivity contribution in [2.24, 2.45) is 23.2 Å². The van der Waals surface area contributed by atoms with E-state index in [1.165, 1.54) is 12.0 Å². The van der Waals surface area contributed by atoms with Crippen molar-refractivity contribution in [1.82, 2.24) is 14.9 Å². The molecule has 4 heterocycles. The van der Waals surface area contributed by atoms with Gasteiger partial charge >= 0.3 is 5.97 Å². The number of carbonyl (C=O) groups excluding carboxylic acids is 3. The highest BCUT2D eigenvalue weighted by Crippen LogP contribution is 2.46. The number of hydrogen-bond donors (Lipinski definition) is 0. The van der Waals surface area contributed by atoms with Crippen molar-refractivity contribution in [1.29, 1.82) is 0 Å². The van der Waals surface area contributed by atoms with E-state index in [-0.39, 0.29) is 42.6 Å². The van der Waals surface area contributed by atoms with Crippen LogP contribution in [0.1, 0.15) is 77.8 Å². The van der Waals surface area contributed by atoms with Gasteiger partial charge in [-0.15, -0.1) is 0 Å². The Morgan fingerprint density at radius 3 is 2.50 bits per heavy atom. The standard InChI is InChI=1S/C34H43F2N3O7/c1-20-26(17-40)39-16-27(20)45-30-29(37-24-11-10-22(43-4)14-25(24)38-30)34(35,36)13-6-5-8-21-9-7-12-33(21,3)46-28(41)15-23(31(39)42)32(2)18-44-19-32/h10-11,14,17,20-21,23,26-27H,5-9,12-13,15-16,18-19H2,1-4H3/t20-,21+,23+,26+,27-,33+/m0/s1. The van der Waals surface area contributed by atoms with Crippen LogP contribution in [0, 0.1) is 23.2 Å². The molecule has 1 amide bonds. The third kappa shape index (κ3) is 5.93. The van der Waals surface area contributed by atoms with E-state index in [4.69, 9.17) is 18.9 Å². The summed E-state index contributed by atoms with van der Waals surface area (Å²) in [5.41, 5.74) is -1.34. The van der Waals surface area contributed by atoms with Crippen molar-refractivity contribution in [3.63, 3.8) is 0 Å². The van der Waals surface area contributed by atoms with Crippen LogP contribution in [0.2, 0.25) is 0 Å². The second-order valence-electron chi connectivity index (χ2n) is 14.1. The average molecular weight is 644 g/mol. The zero-order valence-electron chi connectivity index (χ0n) is 26.9. The first-order chi connectivity index (χ1) is 21.9. The second-order valence-corrected chi connectivity index (χ2v) is 14.1. The van der Waals surface area contributed by atoms with Gasteiger partial charge in [-0.05, 0) is 57.1 Å². The van der Waals surface area contributed by atoms with Crippen LogP contribution >= 0.6 is 0 Å². The number of fused-ring (bicyclic) bond motifs is 5. The number of methoxy groups -OCH3 is 1. The fourth-order valence-electron chi connectivity index (χ4n) is 7.75. The molecule has 0 N–H and O–H groups in total. The number of carbonyl (C=O) groups is 3. The van der Waals surface area contributed by atoms with Gasteiger partial charge in [-0.25, -0.2) is 9.97 Å². The van der Waals surface area contributed by atoms with Crippen LogP contribution in [0.3, 0.4) is 0 Å². The molecule has 3 fully saturated rings. The van der Waals surface area contributed by atoms with Gasteiger partial charge in [0.25, 0.3) is 5.92 Å². The zero-order chi connectivity index (χ0) is 32.9. The Morgan fingerprint density at radius 1 is 1.04 bits per heavy atom. The molecular formula is C34H43F2N3O7. The minimum Gasteiger partial charge on any atom is -0.497 e. The third-order valence-corrected chi connectivity index (χ3v) is 10.8. The Bertz CT molecular complexity index is 1500. The van der Waals surface area contributed by atoms with Crippen LogP contribution in [0.4, 0.5) is 8.78 Å². The topological polar surface area (TPSA) is 117 Å². The van der Waals surface area contributed by atoms with Gasteiger partial charge in [0.1, 0.15) is 23.7 Å². The number of aldehydes is 1. The molecule has 12 heteroatoms. The fourth-order valence-corrected chi connectivity index (χ4v) is 7.75. The summed E-state index contributed by atoms with van der Waals surface area (Å²) in [6, 6.07) is 3.92. The number of hydrogen-bond acceptors (Lipinski definition) is 9. The monoisotopic (exact) mass is 643 g/mol. The maximum absolute atomic E-state index is 16.1. The highest BCUT2D eigenvalue weighted by molar-refractivity contribution is 5.87. The predicted octanol–water partition coefficient (Wildman–Crippen LogP) is 5.24. The first-order valence-corrected chi connectivity index (χ1v) is 16.3. The van der Waals surface area contributed by atoms with Crippen LogP contribution in [-0.2, 0) is 29.8 Å². The molecule has 250 valence electrons. The van der Waals surface area contributed by atoms with Crippen LogP contribution in [0.25, 0.3) is 11.0 Å². The molecule has 3 aliphatic heterocycles. The Kier molecular flexibility index (Phi) is 8.71. The summed E-state index contributed by atoms with van der Waals surface area (Å²) in [6.45, 7) is 6.09. The van der Waals surface area contributed by atoms with Gasteiger partial charge in [-0.3, -0.25) is 9.59 Å². The Balaban J connectivity index is 1.41. The molecule has 1 aliphatic carbocycles. The van der Waals surface area contributed by atoms with Crippen LogP contribution in [0.15, 0.2) is 18.2 Å². The molecule has 0 radical (unpaired) electrons. The highest BCUT2D eigenvalue weighted by atomic mass is 19.3. The number of rotatable bonds is 3. The number of aromatic nitrogens is 2. The lowest BCUT2D eigenvalue weighted by Gasteiger charge is -2.45. The molecule has 6 atom stereocenters. The van der Waals surface area contributed by atoms with Crippen molar-refractivity contribution in [2.45, 2.75) is 95.8 Å². The van der Waals surface area contributed by atoms with E-state index in [0.717, 1.165) is 12.8 Å². The van der Waals surface area contributed by atoms with Crippen molar-refractivity contribution in [3.05, 3.63) is 23.9 Å². The number of ether oxygens (including phenoxy) is 4. The molecule has 0 unspecified atom stereocenters. The van der Waals surface area contributed by atoms with E-state index in [1.54, 1.807) is 25.1 Å². The maximum Gasteiger partial charge on any atom is 0.307 e. The van der Waals surface area contributed by atoms with Crippen molar-refractivity contribution < 1.29 is 42.1 Å². The minimum absolute atomic E-state index is 0.0229. The molecule has 2 aromatic rings. The van der Waals surface area contributed by atoms with Gasteiger partial charge in [0, 0.05) is 23.8 Å². The summed E-state index contributed by atoms with van der Waals surface area (Å²) in [6.07, 6.45) is 3.00. The van der Waals surface area contributed by atoms with Gasteiger partial charge in [-0.1, -0.05) is 20.3 Å². The number of nitrogens with zero attached hydrogens (tertiary/aromatic N) is 3. The largest absolute Gasteiger partial charge is 0.497 e. The Hall–Kier alpha value is -3.41. The number of alkyl halides is 2. The van der Waals surface area contributed by atoms with Crippen LogP contribution in [-0.4, -0.2) is 77.6 Å². The van der Waals surface area contributed by atoms with Crippen LogP contribution < -0.4 is 9.47 Å². The third-order valence-electron chi connectivity index (χ3n) is 10.8. The summed E-state index contributed by atoms with van der Waals surface area (Å²) in [5.74, 6) is -5.38. The van der Waals surface area contributed by atoms with Gasteiger partial charge in [0.05, 0.1) is 56.3 Å². The molecule has 2 saturated heterocycles. The van der Waals surface area contributed by atoms with Gasteiger partial charge in [0.15, 0.2) is 5.69 Å². The molecule has 6 rings (SSSR count). The smallest absolute Gasteiger partial charge is 0.307 e. The van der Waals surface area contributed by atoms with Crippen molar-refractivity contribution >= 4 is 29.2 Å². The zero-order valence-corrected chi connectivity index (χ0v) is 26.9. The summed E-state index contributed by atoms with van der Waals surface area (Å²) in [5, 5.41) is 0. The quantitative estimate of drug-likeness (QED) is 0.327. The molecule has 1 aromatic heterocycles. The fraction of sp³-hybridized carbons (Fsp3) is 0.676. The molecule has 1 saturated carbocycles. The van der Waals surface area contributed by atoms with Gasteiger partial charge < -0.3 is 28.6 Å². The minimum atomic E-state index is -3.36. The molecule has 1 aromatic carbocycles. The van der Waals surface area contributed by atoms with Gasteiger partial charge in [-0.2, -0.15) is 8.78 Å². The summed E-state index contributed by atoms with van der Waals surface area (Å²) < 4.78 is 55.3. The lowest BCUT2D eigenvalue weighted by atomic mass is 9.72. The first kappa shape index (κ1) is 32.5. The number of esters is 1. The molecule has 10 nitrogen and oxygen atoms in total. The van der Waals surface area contributed by atoms with Crippen molar-refractivity contribution in [2.75, 3.05) is 26.9 Å². The second kappa shape index (κ2) is 12.3. The summed E-state index contributed by atoms with van der Waals surface area (Å²) in [4.78, 5) is 50.5. The Labute approximate surface area is 267 Å². The van der Waals surface area contributed by atoms with E-state index in [1.807, 2.05) is 13.8 Å². The van der Waals surface area contributed by atoms with Crippen LogP contribution in [0.5, 0.6) is 11.6 Å². The van der Waals surface area contributed by atoms with E-state index < -0.39 is 59.0 Å². The summed E-state index contributed by atoms with van der Waals surface area (Å²) in [7, 11) is 1.50. The molecule has 2 bridgehead atoms. The van der Waals surface area contributed by atoms with Crippen molar-refractivity contribution in [3.8, 4) is 11.6 Å². The van der Waals surface area contributed by atoms with E-state index in [0.29, 0.717) is 50.0 Å². The van der Waals surface area contributed by atoms with E-state index in [2.05, 4.69) is 9.97 Å². The van der Waals surface area contributed by atoms with Gasteiger partial charge in [0.2, 0.25) is 11.8 Å². The molecular weight excluding hydrogens is 600 g/mol. The van der Waals surface area contributed by atoms with E-state index >= 15 is 8.78 Å². The molecule has 0 spiro atoms. The predicted molar refractivity (Wildman–Crippen MR) is 162 cm³/mol. The number of amides is 1. The lowest BCUT2D eigenvalue weighted by Crippen LogP contribution is -2.54.